The molecule has 0 saturated heterocycles. The quantitative estimate of drug-likeness (QED) is 0.251. The molecule has 0 unspecified atom stereocenters. The summed E-state index contributed by atoms with van der Waals surface area (Å²) in [5.74, 6) is 0. The first-order valence-corrected chi connectivity index (χ1v) is 10.8. The van der Waals surface area contributed by atoms with E-state index in [2.05, 4.69) is 108 Å². The maximum atomic E-state index is 3.89. The SMILES string of the molecule is CC(C)(C)c1sc2ccc(-n3c4ccccc4c4ccccc43)cc2c1Br. The predicted molar refractivity (Wildman–Crippen MR) is 123 cm³/mol. The van der Waals surface area contributed by atoms with Gasteiger partial charge in [0.2, 0.25) is 0 Å². The molecule has 2 aromatic heterocycles. The first-order chi connectivity index (χ1) is 12.9. The van der Waals surface area contributed by atoms with E-state index in [4.69, 9.17) is 0 Å². The van der Waals surface area contributed by atoms with Crippen LogP contribution in [0.4, 0.5) is 0 Å². The minimum Gasteiger partial charge on any atom is -0.309 e. The molecule has 0 radical (unpaired) electrons. The summed E-state index contributed by atoms with van der Waals surface area (Å²) < 4.78 is 4.94. The Bertz CT molecular complexity index is 1260. The van der Waals surface area contributed by atoms with Gasteiger partial charge in [-0.15, -0.1) is 11.3 Å². The van der Waals surface area contributed by atoms with Crippen molar-refractivity contribution >= 4 is 59.2 Å². The standard InChI is InChI=1S/C24H20BrNS/c1-24(2,3)23-22(25)18-14-15(12-13-21(18)27-23)26-19-10-6-4-8-16(19)17-9-5-7-11-20(17)26/h4-14H,1-3H3. The van der Waals surface area contributed by atoms with Crippen LogP contribution < -0.4 is 0 Å². The second-order valence-electron chi connectivity index (χ2n) is 8.05. The lowest BCUT2D eigenvalue weighted by Gasteiger charge is -2.16. The van der Waals surface area contributed by atoms with E-state index in [0.29, 0.717) is 0 Å². The van der Waals surface area contributed by atoms with Crippen LogP contribution in [0.2, 0.25) is 0 Å². The first kappa shape index (κ1) is 17.0. The maximum absolute atomic E-state index is 3.89. The van der Waals surface area contributed by atoms with Gasteiger partial charge in [0.15, 0.2) is 0 Å². The highest BCUT2D eigenvalue weighted by atomic mass is 79.9. The molecule has 0 aliphatic heterocycles. The molecular weight excluding hydrogens is 414 g/mol. The van der Waals surface area contributed by atoms with Gasteiger partial charge in [-0.3, -0.25) is 0 Å². The third-order valence-corrected chi connectivity index (χ3v) is 7.81. The zero-order valence-electron chi connectivity index (χ0n) is 15.6. The maximum Gasteiger partial charge on any atom is 0.0541 e. The van der Waals surface area contributed by atoms with E-state index in [1.807, 2.05) is 11.3 Å². The van der Waals surface area contributed by atoms with Crippen LogP contribution in [0.5, 0.6) is 0 Å². The van der Waals surface area contributed by atoms with Crippen molar-refractivity contribution in [2.75, 3.05) is 0 Å². The monoisotopic (exact) mass is 433 g/mol. The van der Waals surface area contributed by atoms with Crippen molar-refractivity contribution in [2.45, 2.75) is 26.2 Å². The number of nitrogens with zero attached hydrogens (tertiary/aromatic N) is 1. The molecule has 27 heavy (non-hydrogen) atoms. The minimum absolute atomic E-state index is 0.134. The first-order valence-electron chi connectivity index (χ1n) is 9.16. The van der Waals surface area contributed by atoms with Crippen molar-refractivity contribution in [1.29, 1.82) is 0 Å². The molecule has 0 amide bonds. The molecule has 0 N–H and O–H groups in total. The summed E-state index contributed by atoms with van der Waals surface area (Å²) in [5, 5.41) is 3.89. The van der Waals surface area contributed by atoms with Gasteiger partial charge in [0, 0.05) is 35.9 Å². The van der Waals surface area contributed by atoms with Crippen molar-refractivity contribution in [1.82, 2.24) is 4.57 Å². The lowest BCUT2D eigenvalue weighted by Crippen LogP contribution is -2.08. The molecule has 0 spiro atoms. The van der Waals surface area contributed by atoms with Crippen molar-refractivity contribution in [3.63, 3.8) is 0 Å². The number of benzene rings is 3. The number of thiophene rings is 1. The summed E-state index contributed by atoms with van der Waals surface area (Å²) in [6.07, 6.45) is 0. The van der Waals surface area contributed by atoms with E-state index in [-0.39, 0.29) is 5.41 Å². The van der Waals surface area contributed by atoms with Crippen molar-refractivity contribution in [3.05, 3.63) is 76.1 Å². The van der Waals surface area contributed by atoms with Gasteiger partial charge in [0.25, 0.3) is 0 Å². The van der Waals surface area contributed by atoms with E-state index in [1.165, 1.54) is 46.9 Å². The molecule has 0 aliphatic rings. The highest BCUT2D eigenvalue weighted by molar-refractivity contribution is 9.10. The third-order valence-electron chi connectivity index (χ3n) is 5.13. The van der Waals surface area contributed by atoms with Gasteiger partial charge in [0.05, 0.1) is 11.0 Å². The molecule has 1 nitrogen and oxygen atoms in total. The van der Waals surface area contributed by atoms with Gasteiger partial charge >= 0.3 is 0 Å². The predicted octanol–water partition coefficient (Wildman–Crippen LogP) is 8.06. The number of halogens is 1. The Labute approximate surface area is 171 Å². The average Bonchev–Trinajstić information content (AvgIpc) is 3.17. The molecular formula is C24H20BrNS. The van der Waals surface area contributed by atoms with Crippen LogP contribution in [0.3, 0.4) is 0 Å². The highest BCUT2D eigenvalue weighted by Crippen LogP contribution is 2.43. The van der Waals surface area contributed by atoms with Gasteiger partial charge in [-0.25, -0.2) is 0 Å². The third kappa shape index (κ3) is 2.56. The molecule has 0 atom stereocenters. The number of fused-ring (bicyclic) bond motifs is 4. The minimum atomic E-state index is 0.134. The van der Waals surface area contributed by atoms with Crippen LogP contribution in [0.25, 0.3) is 37.6 Å². The number of aromatic nitrogens is 1. The van der Waals surface area contributed by atoms with E-state index < -0.39 is 0 Å². The molecule has 3 aromatic carbocycles. The van der Waals surface area contributed by atoms with E-state index in [1.54, 1.807) is 0 Å². The smallest absolute Gasteiger partial charge is 0.0541 e. The van der Waals surface area contributed by atoms with Crippen LogP contribution in [0, 0.1) is 0 Å². The molecule has 5 rings (SSSR count). The van der Waals surface area contributed by atoms with Gasteiger partial charge in [0.1, 0.15) is 0 Å². The highest BCUT2D eigenvalue weighted by Gasteiger charge is 2.22. The number of para-hydroxylation sites is 2. The topological polar surface area (TPSA) is 4.93 Å². The molecule has 5 aromatic rings. The summed E-state index contributed by atoms with van der Waals surface area (Å²) in [5.41, 5.74) is 3.84. The van der Waals surface area contributed by atoms with E-state index in [0.717, 1.165) is 0 Å². The molecule has 134 valence electrons. The van der Waals surface area contributed by atoms with Crippen LogP contribution in [0.1, 0.15) is 25.6 Å². The van der Waals surface area contributed by atoms with Crippen LogP contribution in [-0.2, 0) is 5.41 Å². The average molecular weight is 434 g/mol. The lowest BCUT2D eigenvalue weighted by molar-refractivity contribution is 0.602. The van der Waals surface area contributed by atoms with Crippen molar-refractivity contribution in [3.8, 4) is 5.69 Å². The lowest BCUT2D eigenvalue weighted by atomic mass is 9.94. The second kappa shape index (κ2) is 5.95. The summed E-state index contributed by atoms with van der Waals surface area (Å²) in [6.45, 7) is 6.82. The molecule has 0 fully saturated rings. The molecule has 0 bridgehead atoms. The fourth-order valence-electron chi connectivity index (χ4n) is 3.88. The van der Waals surface area contributed by atoms with Gasteiger partial charge in [-0.1, -0.05) is 57.2 Å². The van der Waals surface area contributed by atoms with Crippen LogP contribution >= 0.6 is 27.3 Å². The van der Waals surface area contributed by atoms with Crippen molar-refractivity contribution < 1.29 is 0 Å². The number of rotatable bonds is 1. The number of hydrogen-bond donors (Lipinski definition) is 0. The second-order valence-corrected chi connectivity index (χ2v) is 9.89. The summed E-state index contributed by atoms with van der Waals surface area (Å²) in [7, 11) is 0. The van der Waals surface area contributed by atoms with E-state index in [9.17, 15) is 0 Å². The summed E-state index contributed by atoms with van der Waals surface area (Å²) >= 11 is 5.77. The fourth-order valence-corrected chi connectivity index (χ4v) is 6.31. The number of hydrogen-bond acceptors (Lipinski definition) is 1. The summed E-state index contributed by atoms with van der Waals surface area (Å²) in [6, 6.07) is 24.2. The van der Waals surface area contributed by atoms with E-state index >= 15 is 0 Å². The molecule has 2 heterocycles. The molecule has 0 saturated carbocycles. The van der Waals surface area contributed by atoms with Crippen LogP contribution in [-0.4, -0.2) is 4.57 Å². The van der Waals surface area contributed by atoms with Gasteiger partial charge in [-0.2, -0.15) is 0 Å². The zero-order valence-corrected chi connectivity index (χ0v) is 18.0. The normalized spacial score (nSPS) is 12.4. The fraction of sp³-hybridized carbons (Fsp3) is 0.167. The molecule has 0 aliphatic carbocycles. The Morgan fingerprint density at radius 1 is 0.778 bits per heavy atom. The van der Waals surface area contributed by atoms with Gasteiger partial charge in [-0.05, 0) is 51.7 Å². The Kier molecular flexibility index (Phi) is 3.75. The Morgan fingerprint density at radius 2 is 1.37 bits per heavy atom. The Hall–Kier alpha value is -2.10. The molecule has 3 heteroatoms. The van der Waals surface area contributed by atoms with Crippen molar-refractivity contribution in [2.24, 2.45) is 0 Å². The Balaban J connectivity index is 1.85. The summed E-state index contributed by atoms with van der Waals surface area (Å²) in [4.78, 5) is 1.40. The van der Waals surface area contributed by atoms with Crippen LogP contribution in [0.15, 0.2) is 71.2 Å². The largest absolute Gasteiger partial charge is 0.309 e. The zero-order chi connectivity index (χ0) is 18.8. The Morgan fingerprint density at radius 3 is 1.96 bits per heavy atom. The van der Waals surface area contributed by atoms with Gasteiger partial charge < -0.3 is 4.57 Å².